The van der Waals surface area contributed by atoms with Crippen molar-refractivity contribution in [3.05, 3.63) is 16.6 Å². The van der Waals surface area contributed by atoms with Crippen LogP contribution in [0.3, 0.4) is 0 Å². The highest BCUT2D eigenvalue weighted by Crippen LogP contribution is 2.22. The average Bonchev–Trinajstić information content (AvgIpc) is 2.29. The molecule has 12 heavy (non-hydrogen) atoms. The largest absolute Gasteiger partial charge is 0.311 e. The summed E-state index contributed by atoms with van der Waals surface area (Å²) in [5.41, 5.74) is -0.119. The third-order valence-electron chi connectivity index (χ3n) is 1.52. The highest BCUT2D eigenvalue weighted by Gasteiger charge is 2.19. The van der Waals surface area contributed by atoms with Crippen molar-refractivity contribution in [3.63, 3.8) is 0 Å². The Kier molecular flexibility index (Phi) is 2.37. The molecule has 0 saturated heterocycles. The molecule has 0 aliphatic rings. The molecule has 0 unspecified atom stereocenters. The molecule has 0 aliphatic heterocycles. The first-order valence-corrected chi connectivity index (χ1v) is 4.45. The van der Waals surface area contributed by atoms with Gasteiger partial charge >= 0.3 is 0 Å². The molecule has 3 nitrogen and oxygen atoms in total. The SMILES string of the molecule is CC(C)(C)n1c(Br)cnc1C=O. The van der Waals surface area contributed by atoms with E-state index in [4.69, 9.17) is 0 Å². The van der Waals surface area contributed by atoms with Gasteiger partial charge < -0.3 is 4.57 Å². The van der Waals surface area contributed by atoms with Crippen molar-refractivity contribution in [3.8, 4) is 0 Å². The van der Waals surface area contributed by atoms with Crippen LogP contribution in [0.25, 0.3) is 0 Å². The first-order chi connectivity index (χ1) is 5.46. The molecule has 4 heteroatoms. The van der Waals surface area contributed by atoms with Crippen LogP contribution in [0.5, 0.6) is 0 Å². The van der Waals surface area contributed by atoms with Gasteiger partial charge in [-0.15, -0.1) is 0 Å². The fraction of sp³-hybridized carbons (Fsp3) is 0.500. The third-order valence-corrected chi connectivity index (χ3v) is 2.08. The topological polar surface area (TPSA) is 34.9 Å². The molecule has 1 aromatic rings. The van der Waals surface area contributed by atoms with Crippen LogP contribution in [-0.2, 0) is 5.54 Å². The zero-order valence-corrected chi connectivity index (χ0v) is 8.92. The van der Waals surface area contributed by atoms with Crippen LogP contribution >= 0.6 is 15.9 Å². The lowest BCUT2D eigenvalue weighted by atomic mass is 10.1. The zero-order valence-electron chi connectivity index (χ0n) is 7.34. The highest BCUT2D eigenvalue weighted by atomic mass is 79.9. The van der Waals surface area contributed by atoms with Gasteiger partial charge in [0.25, 0.3) is 0 Å². The van der Waals surface area contributed by atoms with Gasteiger partial charge in [0.1, 0.15) is 4.60 Å². The number of nitrogens with zero attached hydrogens (tertiary/aromatic N) is 2. The predicted octanol–water partition coefficient (Wildman–Crippen LogP) is 2.21. The van der Waals surface area contributed by atoms with E-state index in [1.807, 2.05) is 25.3 Å². The van der Waals surface area contributed by atoms with Gasteiger partial charge in [-0.3, -0.25) is 4.79 Å². The van der Waals surface area contributed by atoms with E-state index in [9.17, 15) is 4.79 Å². The first-order valence-electron chi connectivity index (χ1n) is 3.65. The molecule has 0 amide bonds. The van der Waals surface area contributed by atoms with E-state index in [0.29, 0.717) is 5.82 Å². The standard InChI is InChI=1S/C8H11BrN2O/c1-8(2,3)11-6(9)4-10-7(11)5-12/h4-5H,1-3H3. The van der Waals surface area contributed by atoms with Gasteiger partial charge in [0.2, 0.25) is 0 Å². The summed E-state index contributed by atoms with van der Waals surface area (Å²) in [6.07, 6.45) is 2.39. The van der Waals surface area contributed by atoms with E-state index in [1.54, 1.807) is 6.20 Å². The quantitative estimate of drug-likeness (QED) is 0.694. The number of aromatic nitrogens is 2. The number of carbonyl (C=O) groups is 1. The summed E-state index contributed by atoms with van der Waals surface area (Å²) in [6, 6.07) is 0. The summed E-state index contributed by atoms with van der Waals surface area (Å²) in [4.78, 5) is 14.5. The Labute approximate surface area is 79.9 Å². The van der Waals surface area contributed by atoms with Crippen molar-refractivity contribution >= 4 is 22.2 Å². The lowest BCUT2D eigenvalue weighted by Crippen LogP contribution is -2.24. The molecular formula is C8H11BrN2O. The third kappa shape index (κ3) is 1.58. The van der Waals surface area contributed by atoms with E-state index in [1.165, 1.54) is 0 Å². The number of rotatable bonds is 1. The monoisotopic (exact) mass is 230 g/mol. The van der Waals surface area contributed by atoms with Crippen LogP contribution in [0, 0.1) is 0 Å². The normalized spacial score (nSPS) is 11.7. The summed E-state index contributed by atoms with van der Waals surface area (Å²) in [5, 5.41) is 0. The lowest BCUT2D eigenvalue weighted by Gasteiger charge is -2.22. The van der Waals surface area contributed by atoms with Crippen LogP contribution in [-0.4, -0.2) is 15.8 Å². The molecule has 0 atom stereocenters. The molecule has 0 spiro atoms. The number of hydrogen-bond acceptors (Lipinski definition) is 2. The number of carbonyl (C=O) groups excluding carboxylic acids is 1. The maximum atomic E-state index is 10.6. The van der Waals surface area contributed by atoms with Gasteiger partial charge in [-0.2, -0.15) is 0 Å². The van der Waals surface area contributed by atoms with Crippen molar-refractivity contribution in [1.29, 1.82) is 0 Å². The van der Waals surface area contributed by atoms with Crippen LogP contribution < -0.4 is 0 Å². The van der Waals surface area contributed by atoms with E-state index in [2.05, 4.69) is 20.9 Å². The smallest absolute Gasteiger partial charge is 0.185 e. The predicted molar refractivity (Wildman–Crippen MR) is 50.3 cm³/mol. The minimum Gasteiger partial charge on any atom is -0.311 e. The molecule has 1 aromatic heterocycles. The van der Waals surface area contributed by atoms with Crippen molar-refractivity contribution in [2.24, 2.45) is 0 Å². The molecular weight excluding hydrogens is 220 g/mol. The summed E-state index contributed by atoms with van der Waals surface area (Å²) in [5.74, 6) is 0.453. The van der Waals surface area contributed by atoms with Crippen LogP contribution in [0.1, 0.15) is 31.4 Å². The van der Waals surface area contributed by atoms with Crippen molar-refractivity contribution < 1.29 is 4.79 Å². The minimum atomic E-state index is -0.119. The highest BCUT2D eigenvalue weighted by molar-refractivity contribution is 9.10. The molecule has 1 rings (SSSR count). The van der Waals surface area contributed by atoms with Crippen molar-refractivity contribution in [1.82, 2.24) is 9.55 Å². The molecule has 66 valence electrons. The summed E-state index contributed by atoms with van der Waals surface area (Å²) >= 11 is 3.34. The molecule has 0 aliphatic carbocycles. The summed E-state index contributed by atoms with van der Waals surface area (Å²) in [6.45, 7) is 6.06. The van der Waals surface area contributed by atoms with E-state index in [0.717, 1.165) is 10.9 Å². The number of hydrogen-bond donors (Lipinski definition) is 0. The summed E-state index contributed by atoms with van der Waals surface area (Å²) < 4.78 is 2.68. The maximum Gasteiger partial charge on any atom is 0.185 e. The van der Waals surface area contributed by atoms with Crippen LogP contribution in [0.2, 0.25) is 0 Å². The first kappa shape index (κ1) is 9.45. The second-order valence-corrected chi connectivity index (χ2v) is 4.38. The molecule has 1 heterocycles. The maximum absolute atomic E-state index is 10.6. The summed E-state index contributed by atoms with van der Waals surface area (Å²) in [7, 11) is 0. The van der Waals surface area contributed by atoms with Gasteiger partial charge in [0, 0.05) is 5.54 Å². The van der Waals surface area contributed by atoms with Crippen LogP contribution in [0.15, 0.2) is 10.8 Å². The Hall–Kier alpha value is -0.640. The Bertz CT molecular complexity index is 298. The molecule has 0 N–H and O–H groups in total. The van der Waals surface area contributed by atoms with Gasteiger partial charge in [-0.05, 0) is 36.7 Å². The van der Waals surface area contributed by atoms with Crippen molar-refractivity contribution in [2.75, 3.05) is 0 Å². The van der Waals surface area contributed by atoms with Gasteiger partial charge in [-0.25, -0.2) is 4.98 Å². The number of imidazole rings is 1. The van der Waals surface area contributed by atoms with E-state index < -0.39 is 0 Å². The molecule has 0 radical (unpaired) electrons. The van der Waals surface area contributed by atoms with E-state index >= 15 is 0 Å². The van der Waals surface area contributed by atoms with Gasteiger partial charge in [0.05, 0.1) is 6.20 Å². The Morgan fingerprint density at radius 2 is 2.17 bits per heavy atom. The lowest BCUT2D eigenvalue weighted by molar-refractivity contribution is 0.110. The van der Waals surface area contributed by atoms with E-state index in [-0.39, 0.29) is 5.54 Å². The second kappa shape index (κ2) is 3.01. The average molecular weight is 231 g/mol. The van der Waals surface area contributed by atoms with Gasteiger partial charge in [-0.1, -0.05) is 0 Å². The fourth-order valence-electron chi connectivity index (χ4n) is 1.09. The minimum absolute atomic E-state index is 0.119. The Balaban J connectivity index is 3.28. The number of halogens is 1. The van der Waals surface area contributed by atoms with Gasteiger partial charge in [0.15, 0.2) is 12.1 Å². The zero-order chi connectivity index (χ0) is 9.35. The Morgan fingerprint density at radius 1 is 1.58 bits per heavy atom. The van der Waals surface area contributed by atoms with Crippen molar-refractivity contribution in [2.45, 2.75) is 26.3 Å². The molecule has 0 aromatic carbocycles. The molecule has 0 saturated carbocycles. The van der Waals surface area contributed by atoms with Crippen LogP contribution in [0.4, 0.5) is 0 Å². The molecule has 0 fully saturated rings. The fourth-order valence-corrected chi connectivity index (χ4v) is 1.91. The second-order valence-electron chi connectivity index (χ2n) is 3.56. The Morgan fingerprint density at radius 3 is 2.50 bits per heavy atom. The molecule has 0 bridgehead atoms. The number of aldehydes is 1.